The number of ether oxygens (including phenoxy) is 1. The fourth-order valence-electron chi connectivity index (χ4n) is 4.13. The van der Waals surface area contributed by atoms with E-state index in [4.69, 9.17) is 32.9 Å². The molecule has 1 heterocycles. The fourth-order valence-corrected chi connectivity index (χ4v) is 4.87. The summed E-state index contributed by atoms with van der Waals surface area (Å²) in [5.74, 6) is -0.374. The average molecular weight is 564 g/mol. The molecular weight excluding hydrogens is 527 g/mol. The van der Waals surface area contributed by atoms with Crippen LogP contribution in [0.25, 0.3) is 0 Å². The molecule has 0 aliphatic carbocycles. The van der Waals surface area contributed by atoms with E-state index in [0.717, 1.165) is 55.4 Å². The third-order valence-corrected chi connectivity index (χ3v) is 7.60. The number of likely N-dealkylation sites (N-methyl/N-ethyl adjacent to an activating group) is 1. The Morgan fingerprint density at radius 3 is 2.57 bits per heavy atom. The lowest BCUT2D eigenvalue weighted by atomic mass is 9.96. The second-order valence-electron chi connectivity index (χ2n) is 8.66. The van der Waals surface area contributed by atoms with Gasteiger partial charge in [-0.05, 0) is 55.4 Å². The van der Waals surface area contributed by atoms with Crippen LogP contribution in [0.15, 0.2) is 64.8 Å². The van der Waals surface area contributed by atoms with Gasteiger partial charge in [0.15, 0.2) is 5.17 Å². The molecule has 2 aromatic carbocycles. The van der Waals surface area contributed by atoms with Crippen molar-refractivity contribution in [1.82, 2.24) is 15.5 Å². The van der Waals surface area contributed by atoms with E-state index in [2.05, 4.69) is 41.5 Å². The lowest BCUT2D eigenvalue weighted by Gasteiger charge is -2.28. The highest BCUT2D eigenvalue weighted by atomic mass is 35.5. The van der Waals surface area contributed by atoms with Crippen LogP contribution in [0.5, 0.6) is 0 Å². The number of hydrogen-bond acceptors (Lipinski definition) is 7. The summed E-state index contributed by atoms with van der Waals surface area (Å²) in [7, 11) is 0. The summed E-state index contributed by atoms with van der Waals surface area (Å²) >= 11 is 14.0. The number of aliphatic imine (C=N–C) groups is 1. The third kappa shape index (κ3) is 8.76. The molecule has 1 atom stereocenters. The normalized spacial score (nSPS) is 15.5. The number of thioether (sulfide) groups is 1. The Bertz CT molecular complexity index is 1090. The lowest BCUT2D eigenvalue weighted by Crippen LogP contribution is -2.38. The van der Waals surface area contributed by atoms with Crippen LogP contribution in [0, 0.1) is 0 Å². The van der Waals surface area contributed by atoms with Crippen molar-refractivity contribution in [3.8, 4) is 0 Å². The van der Waals surface area contributed by atoms with Crippen molar-refractivity contribution in [3.63, 3.8) is 0 Å². The Labute approximate surface area is 234 Å². The highest BCUT2D eigenvalue weighted by Gasteiger charge is 2.32. The number of halogens is 2. The van der Waals surface area contributed by atoms with Crippen molar-refractivity contribution in [2.75, 3.05) is 45.6 Å². The Morgan fingerprint density at radius 2 is 1.89 bits per heavy atom. The summed E-state index contributed by atoms with van der Waals surface area (Å²) in [5, 5.41) is 8.45. The topological polar surface area (TPSA) is 66.0 Å². The van der Waals surface area contributed by atoms with Gasteiger partial charge in [-0.25, -0.2) is 9.79 Å². The van der Waals surface area contributed by atoms with E-state index in [1.54, 1.807) is 12.1 Å². The van der Waals surface area contributed by atoms with Crippen LogP contribution in [-0.2, 0) is 16.0 Å². The number of rotatable bonds is 13. The predicted molar refractivity (Wildman–Crippen MR) is 157 cm³/mol. The van der Waals surface area contributed by atoms with Crippen LogP contribution < -0.4 is 10.6 Å². The van der Waals surface area contributed by atoms with Gasteiger partial charge in [-0.1, -0.05) is 85.2 Å². The fraction of sp³-hybridized carbons (Fsp3) is 0.429. The SMILES string of the molecule is CCN(CC)CCNCC1=C(C(=O)OCCCc2ccccc2)C(c2ccc(Cl)c(Cl)c2)N=C(SC)N1. The molecule has 0 saturated heterocycles. The van der Waals surface area contributed by atoms with E-state index in [-0.39, 0.29) is 5.97 Å². The van der Waals surface area contributed by atoms with E-state index in [1.807, 2.05) is 30.5 Å². The number of nitrogens with one attached hydrogen (secondary N) is 2. The van der Waals surface area contributed by atoms with E-state index >= 15 is 0 Å². The molecule has 1 unspecified atom stereocenters. The van der Waals surface area contributed by atoms with E-state index in [9.17, 15) is 4.79 Å². The van der Waals surface area contributed by atoms with Gasteiger partial charge in [0.25, 0.3) is 0 Å². The molecule has 2 N–H and O–H groups in total. The van der Waals surface area contributed by atoms with Crippen molar-refractivity contribution in [3.05, 3.63) is 81.0 Å². The first-order valence-corrected chi connectivity index (χ1v) is 14.7. The molecule has 0 spiro atoms. The van der Waals surface area contributed by atoms with Crippen molar-refractivity contribution in [2.45, 2.75) is 32.7 Å². The zero-order valence-corrected chi connectivity index (χ0v) is 24.1. The molecule has 0 saturated carbocycles. The largest absolute Gasteiger partial charge is 0.462 e. The molecule has 1 aliphatic rings. The van der Waals surface area contributed by atoms with Crippen molar-refractivity contribution in [1.29, 1.82) is 0 Å². The van der Waals surface area contributed by atoms with Gasteiger partial charge in [0.05, 0.1) is 22.2 Å². The number of hydrogen-bond donors (Lipinski definition) is 2. The zero-order chi connectivity index (χ0) is 26.6. The summed E-state index contributed by atoms with van der Waals surface area (Å²) in [6.45, 7) is 8.87. The van der Waals surface area contributed by atoms with Crippen LogP contribution in [-0.4, -0.2) is 61.6 Å². The van der Waals surface area contributed by atoms with Crippen molar-refractivity contribution >= 4 is 46.1 Å². The van der Waals surface area contributed by atoms with Crippen molar-refractivity contribution < 1.29 is 9.53 Å². The molecule has 0 fully saturated rings. The monoisotopic (exact) mass is 562 g/mol. The lowest BCUT2D eigenvalue weighted by molar-refractivity contribution is -0.139. The first-order chi connectivity index (χ1) is 18.0. The van der Waals surface area contributed by atoms with Gasteiger partial charge in [0.1, 0.15) is 6.04 Å². The quantitative estimate of drug-likeness (QED) is 0.240. The molecule has 0 amide bonds. The number of aryl methyl sites for hydroxylation is 1. The Hall–Kier alpha value is -2.03. The van der Waals surface area contributed by atoms with Crippen LogP contribution in [0.3, 0.4) is 0 Å². The Kier molecular flexibility index (Phi) is 12.3. The number of carbonyl (C=O) groups is 1. The van der Waals surface area contributed by atoms with E-state index in [1.165, 1.54) is 17.3 Å². The van der Waals surface area contributed by atoms with Gasteiger partial charge in [0, 0.05) is 25.3 Å². The molecule has 2 aromatic rings. The van der Waals surface area contributed by atoms with Crippen LogP contribution in [0.4, 0.5) is 0 Å². The standard InChI is InChI=1S/C28H36Cl2N4O2S/c1-4-34(5-2)16-15-31-19-24-25(27(35)36-17-9-12-20-10-7-6-8-11-20)26(33-28(32-24)37-3)21-13-14-22(29)23(30)18-21/h6-8,10-11,13-14,18,26,31H,4-5,9,12,15-17,19H2,1-3H3,(H,32,33). The molecule has 6 nitrogen and oxygen atoms in total. The summed E-state index contributed by atoms with van der Waals surface area (Å²) in [6.07, 6.45) is 3.54. The van der Waals surface area contributed by atoms with Gasteiger partial charge in [-0.3, -0.25) is 0 Å². The average Bonchev–Trinajstić information content (AvgIpc) is 2.92. The highest BCUT2D eigenvalue weighted by molar-refractivity contribution is 8.13. The summed E-state index contributed by atoms with van der Waals surface area (Å²) in [5.41, 5.74) is 3.27. The molecule has 0 bridgehead atoms. The number of carbonyl (C=O) groups excluding carboxylic acids is 1. The highest BCUT2D eigenvalue weighted by Crippen LogP contribution is 2.35. The molecule has 9 heteroatoms. The molecule has 1 aliphatic heterocycles. The second kappa shape index (κ2) is 15.4. The van der Waals surface area contributed by atoms with Gasteiger partial charge in [0.2, 0.25) is 0 Å². The van der Waals surface area contributed by atoms with Gasteiger partial charge >= 0.3 is 5.97 Å². The van der Waals surface area contributed by atoms with E-state index in [0.29, 0.717) is 28.8 Å². The molecular formula is C28H36Cl2N4O2S. The Morgan fingerprint density at radius 1 is 1.14 bits per heavy atom. The molecule has 0 aromatic heterocycles. The molecule has 3 rings (SSSR count). The summed E-state index contributed by atoms with van der Waals surface area (Å²) in [6, 6.07) is 15.0. The smallest absolute Gasteiger partial charge is 0.338 e. The van der Waals surface area contributed by atoms with Crippen LogP contribution in [0.2, 0.25) is 10.0 Å². The maximum absolute atomic E-state index is 13.5. The van der Waals surface area contributed by atoms with Gasteiger partial charge in [-0.2, -0.15) is 0 Å². The van der Waals surface area contributed by atoms with Crippen LogP contribution >= 0.6 is 35.0 Å². The maximum Gasteiger partial charge on any atom is 0.338 e. The maximum atomic E-state index is 13.5. The number of amidine groups is 1. The second-order valence-corrected chi connectivity index (χ2v) is 10.3. The van der Waals surface area contributed by atoms with Gasteiger partial charge in [-0.15, -0.1) is 0 Å². The van der Waals surface area contributed by atoms with Crippen molar-refractivity contribution in [2.24, 2.45) is 4.99 Å². The number of benzene rings is 2. The first-order valence-electron chi connectivity index (χ1n) is 12.7. The predicted octanol–water partition coefficient (Wildman–Crippen LogP) is 5.72. The minimum absolute atomic E-state index is 0.326. The minimum Gasteiger partial charge on any atom is -0.462 e. The molecule has 200 valence electrons. The first kappa shape index (κ1) is 29.5. The minimum atomic E-state index is -0.542. The summed E-state index contributed by atoms with van der Waals surface area (Å²) in [4.78, 5) is 20.7. The number of esters is 1. The van der Waals surface area contributed by atoms with Gasteiger partial charge < -0.3 is 20.3 Å². The zero-order valence-electron chi connectivity index (χ0n) is 21.7. The van der Waals surface area contributed by atoms with Crippen LogP contribution in [0.1, 0.15) is 37.4 Å². The molecule has 0 radical (unpaired) electrons. The number of nitrogens with zero attached hydrogens (tertiary/aromatic N) is 2. The summed E-state index contributed by atoms with van der Waals surface area (Å²) < 4.78 is 5.78. The molecule has 37 heavy (non-hydrogen) atoms. The third-order valence-electron chi connectivity index (χ3n) is 6.26. The van der Waals surface area contributed by atoms with E-state index < -0.39 is 6.04 Å². The Balaban J connectivity index is 1.80.